The predicted octanol–water partition coefficient (Wildman–Crippen LogP) is 5.21. The van der Waals surface area contributed by atoms with E-state index in [2.05, 4.69) is 10.3 Å². The molecule has 7 heteroatoms. The third-order valence-electron chi connectivity index (χ3n) is 5.06. The molecule has 0 radical (unpaired) electrons. The van der Waals surface area contributed by atoms with Crippen molar-refractivity contribution in [3.63, 3.8) is 0 Å². The van der Waals surface area contributed by atoms with Crippen molar-refractivity contribution in [2.45, 2.75) is 20.8 Å². The van der Waals surface area contributed by atoms with Gasteiger partial charge in [-0.1, -0.05) is 41.9 Å². The van der Waals surface area contributed by atoms with E-state index >= 15 is 0 Å². The van der Waals surface area contributed by atoms with E-state index in [4.69, 9.17) is 16.3 Å². The molecule has 32 heavy (non-hydrogen) atoms. The summed E-state index contributed by atoms with van der Waals surface area (Å²) in [6.45, 7) is 6.79. The van der Waals surface area contributed by atoms with Gasteiger partial charge >= 0.3 is 0 Å². The summed E-state index contributed by atoms with van der Waals surface area (Å²) in [4.78, 5) is 31.1. The molecule has 0 spiro atoms. The molecule has 2 amide bonds. The van der Waals surface area contributed by atoms with E-state index in [1.807, 2.05) is 50.2 Å². The molecule has 0 saturated heterocycles. The lowest BCUT2D eigenvalue weighted by atomic mass is 10.1. The molecule has 3 rings (SSSR count). The average Bonchev–Trinajstić information content (AvgIpc) is 2.79. The summed E-state index contributed by atoms with van der Waals surface area (Å²) in [7, 11) is 0. The summed E-state index contributed by atoms with van der Waals surface area (Å²) < 4.78 is 5.56. The van der Waals surface area contributed by atoms with Crippen molar-refractivity contribution in [2.75, 3.05) is 25.0 Å². The molecule has 3 aromatic rings. The zero-order valence-corrected chi connectivity index (χ0v) is 19.1. The molecule has 0 saturated carbocycles. The number of pyridine rings is 1. The van der Waals surface area contributed by atoms with Crippen LogP contribution < -0.4 is 10.1 Å². The van der Waals surface area contributed by atoms with Crippen LogP contribution in [0.4, 0.5) is 5.69 Å². The highest BCUT2D eigenvalue weighted by Gasteiger charge is 2.14. The van der Waals surface area contributed by atoms with Crippen LogP contribution in [-0.4, -0.2) is 41.4 Å². The first-order valence-electron chi connectivity index (χ1n) is 10.5. The Morgan fingerprint density at radius 2 is 1.75 bits per heavy atom. The van der Waals surface area contributed by atoms with E-state index in [0.717, 1.165) is 11.3 Å². The van der Waals surface area contributed by atoms with Crippen molar-refractivity contribution >= 4 is 29.1 Å². The van der Waals surface area contributed by atoms with E-state index < -0.39 is 0 Å². The molecule has 6 nitrogen and oxygen atoms in total. The molecule has 0 bridgehead atoms. The summed E-state index contributed by atoms with van der Waals surface area (Å²) in [5.74, 6) is -0.00309. The highest BCUT2D eigenvalue weighted by Crippen LogP contribution is 2.28. The molecule has 0 fully saturated rings. The second-order valence-electron chi connectivity index (χ2n) is 7.15. The molecule has 166 valence electrons. The van der Waals surface area contributed by atoms with Crippen molar-refractivity contribution in [1.29, 1.82) is 0 Å². The predicted molar refractivity (Wildman–Crippen MR) is 127 cm³/mol. The number of rotatable bonds is 8. The molecule has 0 aliphatic rings. The van der Waals surface area contributed by atoms with Crippen LogP contribution in [-0.2, 0) is 4.79 Å². The van der Waals surface area contributed by atoms with Gasteiger partial charge in [0, 0.05) is 24.3 Å². The maximum absolute atomic E-state index is 12.8. The topological polar surface area (TPSA) is 71.5 Å². The number of carbonyl (C=O) groups is 2. The van der Waals surface area contributed by atoms with Gasteiger partial charge in [-0.3, -0.25) is 14.6 Å². The first-order valence-corrected chi connectivity index (χ1v) is 10.8. The maximum atomic E-state index is 12.8. The van der Waals surface area contributed by atoms with Crippen LogP contribution in [0.25, 0.3) is 11.3 Å². The maximum Gasteiger partial charge on any atom is 0.260 e. The fourth-order valence-corrected chi connectivity index (χ4v) is 3.51. The first kappa shape index (κ1) is 23.3. The molecule has 0 aliphatic heterocycles. The van der Waals surface area contributed by atoms with Gasteiger partial charge in [-0.2, -0.15) is 0 Å². The SMILES string of the molecule is CCN(CC)C(=O)COc1ccc(NC(=O)c2ccc(-c3ccccc3)nc2C)cc1Cl. The smallest absolute Gasteiger partial charge is 0.260 e. The van der Waals surface area contributed by atoms with Crippen LogP contribution >= 0.6 is 11.6 Å². The van der Waals surface area contributed by atoms with E-state index in [1.54, 1.807) is 36.1 Å². The zero-order chi connectivity index (χ0) is 23.1. The van der Waals surface area contributed by atoms with Gasteiger partial charge in [-0.15, -0.1) is 0 Å². The monoisotopic (exact) mass is 451 g/mol. The van der Waals surface area contributed by atoms with Gasteiger partial charge < -0.3 is 15.0 Å². The third-order valence-corrected chi connectivity index (χ3v) is 5.35. The van der Waals surface area contributed by atoms with E-state index in [1.165, 1.54) is 0 Å². The minimum atomic E-state index is -0.281. The molecule has 0 unspecified atom stereocenters. The summed E-state index contributed by atoms with van der Waals surface area (Å²) in [6.07, 6.45) is 0. The highest BCUT2D eigenvalue weighted by molar-refractivity contribution is 6.32. The number of ether oxygens (including phenoxy) is 1. The van der Waals surface area contributed by atoms with Crippen LogP contribution in [0.2, 0.25) is 5.02 Å². The van der Waals surface area contributed by atoms with Crippen LogP contribution in [0, 0.1) is 6.92 Å². The third kappa shape index (κ3) is 5.65. The Morgan fingerprint density at radius 1 is 1.03 bits per heavy atom. The zero-order valence-electron chi connectivity index (χ0n) is 18.4. The number of halogens is 1. The Hall–Kier alpha value is -3.38. The fourth-order valence-electron chi connectivity index (χ4n) is 3.27. The van der Waals surface area contributed by atoms with Crippen molar-refractivity contribution in [3.8, 4) is 17.0 Å². The quantitative estimate of drug-likeness (QED) is 0.510. The van der Waals surface area contributed by atoms with Gasteiger partial charge in [0.05, 0.1) is 22.0 Å². The second kappa shape index (κ2) is 10.8. The van der Waals surface area contributed by atoms with Crippen LogP contribution in [0.3, 0.4) is 0 Å². The Kier molecular flexibility index (Phi) is 7.84. The number of amides is 2. The number of anilines is 1. The van der Waals surface area contributed by atoms with Crippen molar-refractivity contribution in [2.24, 2.45) is 0 Å². The molecule has 2 aromatic carbocycles. The summed E-state index contributed by atoms with van der Waals surface area (Å²) in [5, 5.41) is 3.14. The molecule has 0 atom stereocenters. The molecule has 1 heterocycles. The molecular weight excluding hydrogens is 426 g/mol. The Labute approximate surface area is 193 Å². The number of benzene rings is 2. The van der Waals surface area contributed by atoms with Crippen LogP contribution in [0.5, 0.6) is 5.75 Å². The van der Waals surface area contributed by atoms with Gasteiger partial charge in [0.15, 0.2) is 6.61 Å². The summed E-state index contributed by atoms with van der Waals surface area (Å²) in [6, 6.07) is 18.3. The molecule has 1 N–H and O–H groups in total. The number of carbonyl (C=O) groups excluding carboxylic acids is 2. The average molecular weight is 452 g/mol. The van der Waals surface area contributed by atoms with Crippen LogP contribution in [0.1, 0.15) is 29.9 Å². The number of likely N-dealkylation sites (N-methyl/N-ethyl adjacent to an activating group) is 1. The molecule has 0 aliphatic carbocycles. The van der Waals surface area contributed by atoms with Gasteiger partial charge in [-0.25, -0.2) is 0 Å². The van der Waals surface area contributed by atoms with Gasteiger partial charge in [0.2, 0.25) is 0 Å². The van der Waals surface area contributed by atoms with E-state index in [9.17, 15) is 9.59 Å². The first-order chi connectivity index (χ1) is 15.4. The van der Waals surface area contributed by atoms with Gasteiger partial charge in [0.25, 0.3) is 11.8 Å². The molecular formula is C25H26ClN3O3. The van der Waals surface area contributed by atoms with Crippen molar-refractivity contribution in [1.82, 2.24) is 9.88 Å². The Bertz CT molecular complexity index is 1100. The van der Waals surface area contributed by atoms with Gasteiger partial charge in [-0.05, 0) is 51.1 Å². The minimum Gasteiger partial charge on any atom is -0.482 e. The van der Waals surface area contributed by atoms with Crippen LogP contribution in [0.15, 0.2) is 60.7 Å². The van der Waals surface area contributed by atoms with Gasteiger partial charge in [0.1, 0.15) is 5.75 Å². The lowest BCUT2D eigenvalue weighted by Gasteiger charge is -2.19. The lowest BCUT2D eigenvalue weighted by Crippen LogP contribution is -2.34. The van der Waals surface area contributed by atoms with E-state index in [-0.39, 0.29) is 18.4 Å². The second-order valence-corrected chi connectivity index (χ2v) is 7.56. The highest BCUT2D eigenvalue weighted by atomic mass is 35.5. The number of aryl methyl sites for hydroxylation is 1. The standard InChI is InChI=1S/C25H26ClN3O3/c1-4-29(5-2)24(30)16-32-23-14-11-19(15-21(23)26)28-25(31)20-12-13-22(27-17(20)3)18-9-7-6-8-10-18/h6-15H,4-5,16H2,1-3H3,(H,28,31). The number of nitrogens with one attached hydrogen (secondary N) is 1. The largest absolute Gasteiger partial charge is 0.482 e. The molecule has 1 aromatic heterocycles. The number of aromatic nitrogens is 1. The van der Waals surface area contributed by atoms with E-state index in [0.29, 0.717) is 40.8 Å². The Morgan fingerprint density at radius 3 is 2.38 bits per heavy atom. The summed E-state index contributed by atoms with van der Waals surface area (Å²) in [5.41, 5.74) is 3.43. The van der Waals surface area contributed by atoms with Crippen molar-refractivity contribution in [3.05, 3.63) is 76.9 Å². The minimum absolute atomic E-state index is 0.0915. The lowest BCUT2D eigenvalue weighted by molar-refractivity contribution is -0.132. The number of nitrogens with zero attached hydrogens (tertiary/aromatic N) is 2. The normalized spacial score (nSPS) is 10.5. The van der Waals surface area contributed by atoms with Crippen molar-refractivity contribution < 1.29 is 14.3 Å². The number of hydrogen-bond acceptors (Lipinski definition) is 4. The Balaban J connectivity index is 1.66. The fraction of sp³-hybridized carbons (Fsp3) is 0.240. The number of hydrogen-bond donors (Lipinski definition) is 1. The summed E-state index contributed by atoms with van der Waals surface area (Å²) >= 11 is 6.30.